The standard InChI is InChI=1S/C23H26F3N5O4/c1-14-18(13-20(32)33)31(29-21(14)23(24,25)26)15-3-5-16(6-4-15)35-17-8-11-30(12-9-17)22-27-10-7-19(28-22)34-2/h3-7,10,14,17-18H,8-9,11-13H2,1-2H3,(H,32,33). The van der Waals surface area contributed by atoms with Crippen molar-refractivity contribution >= 4 is 23.3 Å². The number of aromatic nitrogens is 2. The van der Waals surface area contributed by atoms with E-state index < -0.39 is 36.2 Å². The van der Waals surface area contributed by atoms with Crippen LogP contribution in [0.4, 0.5) is 24.8 Å². The number of hydrogen-bond acceptors (Lipinski definition) is 8. The normalized spacial score (nSPS) is 21.1. The quantitative estimate of drug-likeness (QED) is 0.623. The Kier molecular flexibility index (Phi) is 6.99. The van der Waals surface area contributed by atoms with Crippen LogP contribution in [0.15, 0.2) is 41.6 Å². The molecule has 2 aliphatic rings. The Morgan fingerprint density at radius 2 is 1.86 bits per heavy atom. The van der Waals surface area contributed by atoms with Crippen molar-refractivity contribution in [1.82, 2.24) is 9.97 Å². The maximum atomic E-state index is 13.4. The molecule has 3 heterocycles. The number of halogens is 3. The number of hydrogen-bond donors (Lipinski definition) is 1. The van der Waals surface area contributed by atoms with Crippen LogP contribution in [-0.4, -0.2) is 65.3 Å². The fraction of sp³-hybridized carbons (Fsp3) is 0.478. The summed E-state index contributed by atoms with van der Waals surface area (Å²) < 4.78 is 51.3. The molecule has 1 aromatic carbocycles. The van der Waals surface area contributed by atoms with Gasteiger partial charge in [-0.3, -0.25) is 9.80 Å². The number of ether oxygens (including phenoxy) is 2. The number of benzene rings is 1. The van der Waals surface area contributed by atoms with E-state index in [2.05, 4.69) is 20.0 Å². The highest BCUT2D eigenvalue weighted by atomic mass is 19.4. The van der Waals surface area contributed by atoms with Crippen LogP contribution in [0, 0.1) is 5.92 Å². The van der Waals surface area contributed by atoms with Crippen LogP contribution in [-0.2, 0) is 4.79 Å². The van der Waals surface area contributed by atoms with Crippen molar-refractivity contribution in [2.24, 2.45) is 11.0 Å². The maximum absolute atomic E-state index is 13.4. The SMILES string of the molecule is COc1ccnc(N2CCC(Oc3ccc(N4N=C(C(F)(F)F)C(C)C4CC(=O)O)cc3)CC2)n1. The molecule has 2 atom stereocenters. The van der Waals surface area contributed by atoms with E-state index in [9.17, 15) is 23.1 Å². The van der Waals surface area contributed by atoms with Gasteiger partial charge in [0, 0.05) is 44.1 Å². The first-order valence-electron chi connectivity index (χ1n) is 11.2. The molecule has 0 spiro atoms. The molecule has 0 radical (unpaired) electrons. The van der Waals surface area contributed by atoms with Crippen LogP contribution in [0.3, 0.4) is 0 Å². The lowest BCUT2D eigenvalue weighted by Crippen LogP contribution is -2.39. The number of piperidine rings is 1. The summed E-state index contributed by atoms with van der Waals surface area (Å²) in [5.41, 5.74) is -0.601. The molecule has 12 heteroatoms. The molecular formula is C23H26F3N5O4. The highest BCUT2D eigenvalue weighted by Gasteiger charge is 2.48. The maximum Gasteiger partial charge on any atom is 0.431 e. The predicted molar refractivity (Wildman–Crippen MR) is 122 cm³/mol. The average molecular weight is 493 g/mol. The molecule has 0 bridgehead atoms. The lowest BCUT2D eigenvalue weighted by molar-refractivity contribution is -0.137. The fourth-order valence-electron chi connectivity index (χ4n) is 4.32. The number of carboxylic acid groups (broad SMARTS) is 1. The number of rotatable bonds is 7. The highest BCUT2D eigenvalue weighted by Crippen LogP contribution is 2.37. The Morgan fingerprint density at radius 1 is 1.17 bits per heavy atom. The molecule has 2 aromatic rings. The van der Waals surface area contributed by atoms with E-state index in [1.165, 1.54) is 6.92 Å². The van der Waals surface area contributed by atoms with Crippen molar-refractivity contribution < 1.29 is 32.5 Å². The number of hydrazone groups is 1. The second-order valence-electron chi connectivity index (χ2n) is 8.48. The number of carboxylic acids is 1. The number of anilines is 2. The van der Waals surface area contributed by atoms with Gasteiger partial charge in [-0.2, -0.15) is 23.3 Å². The molecule has 1 fully saturated rings. The molecule has 1 N–H and O–H groups in total. The van der Waals surface area contributed by atoms with Crippen molar-refractivity contribution in [3.05, 3.63) is 36.5 Å². The molecule has 2 unspecified atom stereocenters. The van der Waals surface area contributed by atoms with E-state index in [4.69, 9.17) is 9.47 Å². The van der Waals surface area contributed by atoms with Gasteiger partial charge >= 0.3 is 12.1 Å². The second kappa shape index (κ2) is 9.96. The number of methoxy groups -OCH3 is 1. The summed E-state index contributed by atoms with van der Waals surface area (Å²) in [6.45, 7) is 2.75. The summed E-state index contributed by atoms with van der Waals surface area (Å²) in [6, 6.07) is 7.27. The molecule has 9 nitrogen and oxygen atoms in total. The van der Waals surface area contributed by atoms with Gasteiger partial charge in [-0.25, -0.2) is 4.98 Å². The Labute approximate surface area is 200 Å². The molecule has 188 valence electrons. The van der Waals surface area contributed by atoms with Crippen molar-refractivity contribution in [3.63, 3.8) is 0 Å². The summed E-state index contributed by atoms with van der Waals surface area (Å²) in [7, 11) is 1.55. The number of carbonyl (C=O) groups is 1. The van der Waals surface area contributed by atoms with Crippen LogP contribution < -0.4 is 19.4 Å². The van der Waals surface area contributed by atoms with E-state index in [0.29, 0.717) is 36.4 Å². The third kappa shape index (κ3) is 5.57. The molecule has 1 saturated heterocycles. The first-order chi connectivity index (χ1) is 16.7. The van der Waals surface area contributed by atoms with E-state index in [0.717, 1.165) is 17.9 Å². The van der Waals surface area contributed by atoms with Crippen molar-refractivity contribution in [2.45, 2.75) is 44.5 Å². The Morgan fingerprint density at radius 3 is 2.46 bits per heavy atom. The van der Waals surface area contributed by atoms with Crippen LogP contribution >= 0.6 is 0 Å². The van der Waals surface area contributed by atoms with Crippen molar-refractivity contribution in [2.75, 3.05) is 30.1 Å². The van der Waals surface area contributed by atoms with Gasteiger partial charge in [0.1, 0.15) is 17.6 Å². The van der Waals surface area contributed by atoms with Crippen molar-refractivity contribution in [3.8, 4) is 11.6 Å². The fourth-order valence-corrected chi connectivity index (χ4v) is 4.32. The minimum absolute atomic E-state index is 0.0378. The minimum Gasteiger partial charge on any atom is -0.490 e. The van der Waals surface area contributed by atoms with Gasteiger partial charge in [-0.15, -0.1) is 0 Å². The van der Waals surface area contributed by atoms with Gasteiger partial charge in [0.25, 0.3) is 0 Å². The summed E-state index contributed by atoms with van der Waals surface area (Å²) >= 11 is 0. The summed E-state index contributed by atoms with van der Waals surface area (Å²) in [5.74, 6) is -0.580. The molecular weight excluding hydrogens is 467 g/mol. The molecule has 4 rings (SSSR count). The lowest BCUT2D eigenvalue weighted by atomic mass is 9.94. The number of alkyl halides is 3. The second-order valence-corrected chi connectivity index (χ2v) is 8.48. The van der Waals surface area contributed by atoms with Gasteiger partial charge in [0.15, 0.2) is 0 Å². The van der Waals surface area contributed by atoms with Crippen LogP contribution in [0.2, 0.25) is 0 Å². The first kappa shape index (κ1) is 24.6. The Balaban J connectivity index is 1.40. The molecule has 1 aromatic heterocycles. The zero-order valence-corrected chi connectivity index (χ0v) is 19.3. The predicted octanol–water partition coefficient (Wildman–Crippen LogP) is 3.75. The number of nitrogens with zero attached hydrogens (tertiary/aromatic N) is 5. The molecule has 2 aliphatic heterocycles. The lowest BCUT2D eigenvalue weighted by Gasteiger charge is -2.32. The van der Waals surface area contributed by atoms with Crippen LogP contribution in [0.25, 0.3) is 0 Å². The van der Waals surface area contributed by atoms with E-state index in [1.54, 1.807) is 43.6 Å². The number of aliphatic carboxylic acids is 1. The summed E-state index contributed by atoms with van der Waals surface area (Å²) in [4.78, 5) is 22.0. The van der Waals surface area contributed by atoms with Gasteiger partial charge < -0.3 is 19.5 Å². The molecule has 35 heavy (non-hydrogen) atoms. The van der Waals surface area contributed by atoms with Gasteiger partial charge in [0.05, 0.1) is 25.3 Å². The Bertz CT molecular complexity index is 1070. The first-order valence-corrected chi connectivity index (χ1v) is 11.2. The molecule has 0 aliphatic carbocycles. The van der Waals surface area contributed by atoms with Crippen molar-refractivity contribution in [1.29, 1.82) is 0 Å². The zero-order chi connectivity index (χ0) is 25.2. The van der Waals surface area contributed by atoms with Gasteiger partial charge in [0.2, 0.25) is 11.8 Å². The monoisotopic (exact) mass is 493 g/mol. The van der Waals surface area contributed by atoms with Crippen LogP contribution in [0.1, 0.15) is 26.2 Å². The molecule has 0 saturated carbocycles. The van der Waals surface area contributed by atoms with E-state index in [-0.39, 0.29) is 6.10 Å². The topological polar surface area (TPSA) is 100 Å². The van der Waals surface area contributed by atoms with Crippen LogP contribution in [0.5, 0.6) is 11.6 Å². The molecule has 0 amide bonds. The van der Waals surface area contributed by atoms with E-state index in [1.807, 2.05) is 0 Å². The van der Waals surface area contributed by atoms with Gasteiger partial charge in [-0.05, 0) is 24.3 Å². The zero-order valence-electron chi connectivity index (χ0n) is 19.3. The van der Waals surface area contributed by atoms with Gasteiger partial charge in [-0.1, -0.05) is 6.92 Å². The third-order valence-corrected chi connectivity index (χ3v) is 6.17. The summed E-state index contributed by atoms with van der Waals surface area (Å²) in [5, 5.41) is 14.1. The largest absolute Gasteiger partial charge is 0.490 e. The smallest absolute Gasteiger partial charge is 0.431 e. The third-order valence-electron chi connectivity index (χ3n) is 6.17. The summed E-state index contributed by atoms with van der Waals surface area (Å²) in [6.07, 6.45) is -1.99. The minimum atomic E-state index is -4.63. The average Bonchev–Trinajstić information content (AvgIpc) is 3.16. The van der Waals surface area contributed by atoms with E-state index >= 15 is 0 Å². The Hall–Kier alpha value is -3.57. The highest BCUT2D eigenvalue weighted by molar-refractivity contribution is 5.95.